The minimum absolute atomic E-state index is 0.0468. The zero-order valence-electron chi connectivity index (χ0n) is 17.9. The zero-order valence-corrected chi connectivity index (χ0v) is 18.7. The van der Waals surface area contributed by atoms with Gasteiger partial charge in [0.1, 0.15) is 5.75 Å². The standard InChI is InChI=1S/C21H21F3N6O3S/c22-21(23,24)33-18-7-5-17(6-8-18)30-20(26-27-28-30)34-14-19(31)25-16-3-1-15(2-4-16)13-29-9-11-32-12-10-29/h1-8H,9-14H2,(H,25,31). The number of halogens is 3. The van der Waals surface area contributed by atoms with E-state index < -0.39 is 6.36 Å². The van der Waals surface area contributed by atoms with Crippen molar-refractivity contribution in [1.82, 2.24) is 25.1 Å². The van der Waals surface area contributed by atoms with Crippen LogP contribution >= 0.6 is 11.8 Å². The van der Waals surface area contributed by atoms with Crippen LogP contribution in [-0.2, 0) is 16.1 Å². The van der Waals surface area contributed by atoms with Gasteiger partial charge in [0, 0.05) is 25.3 Å². The number of carbonyl (C=O) groups excluding carboxylic acids is 1. The quantitative estimate of drug-likeness (QED) is 0.478. The Morgan fingerprint density at radius 2 is 1.79 bits per heavy atom. The summed E-state index contributed by atoms with van der Waals surface area (Å²) in [6.07, 6.45) is -4.77. The van der Waals surface area contributed by atoms with Gasteiger partial charge in [-0.2, -0.15) is 4.68 Å². The van der Waals surface area contributed by atoms with E-state index in [-0.39, 0.29) is 17.4 Å². The van der Waals surface area contributed by atoms with Crippen molar-refractivity contribution in [2.75, 3.05) is 37.4 Å². The number of tetrazole rings is 1. The molecule has 2 heterocycles. The number of rotatable bonds is 8. The van der Waals surface area contributed by atoms with Gasteiger partial charge in [0.15, 0.2) is 0 Å². The monoisotopic (exact) mass is 494 g/mol. The molecule has 9 nitrogen and oxygen atoms in total. The van der Waals surface area contributed by atoms with Crippen molar-refractivity contribution >= 4 is 23.4 Å². The number of alkyl halides is 3. The number of amides is 1. The molecule has 1 aliphatic heterocycles. The summed E-state index contributed by atoms with van der Waals surface area (Å²) < 4.78 is 47.5. The van der Waals surface area contributed by atoms with Gasteiger partial charge in [0.2, 0.25) is 11.1 Å². The molecule has 1 saturated heterocycles. The third-order valence-corrected chi connectivity index (χ3v) is 5.76. The van der Waals surface area contributed by atoms with E-state index in [2.05, 4.69) is 30.5 Å². The molecule has 1 N–H and O–H groups in total. The molecule has 0 saturated carbocycles. The van der Waals surface area contributed by atoms with Crippen LogP contribution in [0, 0.1) is 0 Å². The molecule has 3 aromatic rings. The van der Waals surface area contributed by atoms with Gasteiger partial charge < -0.3 is 14.8 Å². The molecule has 1 aromatic heterocycles. The van der Waals surface area contributed by atoms with Crippen molar-refractivity contribution < 1.29 is 27.4 Å². The van der Waals surface area contributed by atoms with Gasteiger partial charge in [-0.1, -0.05) is 23.9 Å². The molecule has 34 heavy (non-hydrogen) atoms. The number of nitrogens with zero attached hydrogens (tertiary/aromatic N) is 5. The van der Waals surface area contributed by atoms with E-state index in [4.69, 9.17) is 4.74 Å². The molecule has 180 valence electrons. The van der Waals surface area contributed by atoms with Gasteiger partial charge in [-0.25, -0.2) is 0 Å². The Morgan fingerprint density at radius 1 is 1.09 bits per heavy atom. The summed E-state index contributed by atoms with van der Waals surface area (Å²) in [5, 5.41) is 14.5. The topological polar surface area (TPSA) is 94.4 Å². The lowest BCUT2D eigenvalue weighted by molar-refractivity contribution is -0.274. The van der Waals surface area contributed by atoms with E-state index in [1.165, 1.54) is 16.8 Å². The van der Waals surface area contributed by atoms with Crippen molar-refractivity contribution in [2.24, 2.45) is 0 Å². The first-order valence-electron chi connectivity index (χ1n) is 10.3. The summed E-state index contributed by atoms with van der Waals surface area (Å²) in [7, 11) is 0. The summed E-state index contributed by atoms with van der Waals surface area (Å²) in [5.74, 6) is -0.547. The van der Waals surface area contributed by atoms with Gasteiger partial charge >= 0.3 is 6.36 Å². The van der Waals surface area contributed by atoms with Crippen LogP contribution in [0.4, 0.5) is 18.9 Å². The second kappa shape index (κ2) is 10.8. The molecular weight excluding hydrogens is 473 g/mol. The summed E-state index contributed by atoms with van der Waals surface area (Å²) >= 11 is 1.10. The van der Waals surface area contributed by atoms with Gasteiger partial charge in [-0.15, -0.1) is 18.3 Å². The van der Waals surface area contributed by atoms with E-state index in [0.29, 0.717) is 16.5 Å². The molecule has 1 fully saturated rings. The molecule has 0 aliphatic carbocycles. The van der Waals surface area contributed by atoms with Crippen molar-refractivity contribution in [3.63, 3.8) is 0 Å². The zero-order chi connectivity index (χ0) is 24.0. The number of thioether (sulfide) groups is 1. The summed E-state index contributed by atoms with van der Waals surface area (Å²) in [4.78, 5) is 14.7. The highest BCUT2D eigenvalue weighted by molar-refractivity contribution is 7.99. The second-order valence-electron chi connectivity index (χ2n) is 7.34. The molecular formula is C21H21F3N6O3S. The van der Waals surface area contributed by atoms with Crippen molar-refractivity contribution in [1.29, 1.82) is 0 Å². The number of hydrogen-bond donors (Lipinski definition) is 1. The summed E-state index contributed by atoms with van der Waals surface area (Å²) in [6.45, 7) is 4.13. The van der Waals surface area contributed by atoms with E-state index in [9.17, 15) is 18.0 Å². The number of anilines is 1. The molecule has 1 aliphatic rings. The SMILES string of the molecule is O=C(CSc1nnnn1-c1ccc(OC(F)(F)F)cc1)Nc1ccc(CN2CCOCC2)cc1. The molecule has 13 heteroatoms. The van der Waals surface area contributed by atoms with Crippen LogP contribution in [0.25, 0.3) is 5.69 Å². The van der Waals surface area contributed by atoms with E-state index in [0.717, 1.165) is 62.3 Å². The Kier molecular flexibility index (Phi) is 7.65. The van der Waals surface area contributed by atoms with Crippen LogP contribution in [0.15, 0.2) is 53.7 Å². The molecule has 2 aromatic carbocycles. The van der Waals surface area contributed by atoms with Crippen molar-refractivity contribution in [2.45, 2.75) is 18.1 Å². The average molecular weight is 494 g/mol. The fraction of sp³-hybridized carbons (Fsp3) is 0.333. The molecule has 1 amide bonds. The Hall–Kier alpha value is -3.16. The molecule has 0 spiro atoms. The van der Waals surface area contributed by atoms with Crippen LogP contribution in [0.3, 0.4) is 0 Å². The number of benzene rings is 2. The average Bonchev–Trinajstić information content (AvgIpc) is 3.28. The number of ether oxygens (including phenoxy) is 2. The Labute approximate surface area is 197 Å². The maximum Gasteiger partial charge on any atom is 0.573 e. The van der Waals surface area contributed by atoms with E-state index in [1.54, 1.807) is 0 Å². The minimum atomic E-state index is -4.77. The predicted molar refractivity (Wildman–Crippen MR) is 118 cm³/mol. The highest BCUT2D eigenvalue weighted by Crippen LogP contribution is 2.25. The molecule has 0 atom stereocenters. The van der Waals surface area contributed by atoms with Gasteiger partial charge in [-0.3, -0.25) is 9.69 Å². The number of nitrogens with one attached hydrogen (secondary N) is 1. The normalized spacial score (nSPS) is 14.7. The van der Waals surface area contributed by atoms with Crippen molar-refractivity contribution in [3.8, 4) is 11.4 Å². The fourth-order valence-electron chi connectivity index (χ4n) is 3.26. The lowest BCUT2D eigenvalue weighted by Gasteiger charge is -2.26. The van der Waals surface area contributed by atoms with Crippen LogP contribution in [0.2, 0.25) is 0 Å². The smallest absolute Gasteiger partial charge is 0.406 e. The van der Waals surface area contributed by atoms with Crippen LogP contribution in [0.5, 0.6) is 5.75 Å². The lowest BCUT2D eigenvalue weighted by Crippen LogP contribution is -2.35. The molecule has 0 unspecified atom stereocenters. The first-order valence-corrected chi connectivity index (χ1v) is 11.3. The highest BCUT2D eigenvalue weighted by Gasteiger charge is 2.31. The summed E-state index contributed by atoms with van der Waals surface area (Å²) in [5.41, 5.74) is 2.26. The van der Waals surface area contributed by atoms with E-state index in [1.807, 2.05) is 24.3 Å². The summed E-state index contributed by atoms with van der Waals surface area (Å²) in [6, 6.07) is 12.8. The van der Waals surface area contributed by atoms with Crippen LogP contribution in [0.1, 0.15) is 5.56 Å². The van der Waals surface area contributed by atoms with Crippen molar-refractivity contribution in [3.05, 3.63) is 54.1 Å². The molecule has 0 radical (unpaired) electrons. The lowest BCUT2D eigenvalue weighted by atomic mass is 10.2. The van der Waals surface area contributed by atoms with Crippen LogP contribution in [-0.4, -0.2) is 69.4 Å². The van der Waals surface area contributed by atoms with Gasteiger partial charge in [0.05, 0.1) is 24.7 Å². The van der Waals surface area contributed by atoms with Crippen LogP contribution < -0.4 is 10.1 Å². The second-order valence-corrected chi connectivity index (χ2v) is 8.28. The number of morpholine rings is 1. The number of carbonyl (C=O) groups is 1. The first kappa shape index (κ1) is 24.0. The molecule has 4 rings (SSSR count). The minimum Gasteiger partial charge on any atom is -0.406 e. The highest BCUT2D eigenvalue weighted by atomic mass is 32.2. The van der Waals surface area contributed by atoms with Gasteiger partial charge in [0.25, 0.3) is 0 Å². The van der Waals surface area contributed by atoms with Gasteiger partial charge in [-0.05, 0) is 52.4 Å². The largest absolute Gasteiger partial charge is 0.573 e. The maximum atomic E-state index is 12.4. The maximum absolute atomic E-state index is 12.4. The third kappa shape index (κ3) is 6.92. The third-order valence-electron chi connectivity index (χ3n) is 4.84. The Balaban J connectivity index is 1.29. The first-order chi connectivity index (χ1) is 16.4. The number of aromatic nitrogens is 4. The fourth-order valence-corrected chi connectivity index (χ4v) is 3.95. The Bertz CT molecular complexity index is 1090. The number of hydrogen-bond acceptors (Lipinski definition) is 8. The predicted octanol–water partition coefficient (Wildman–Crippen LogP) is 3.12. The van der Waals surface area contributed by atoms with E-state index >= 15 is 0 Å². The Morgan fingerprint density at radius 3 is 2.47 bits per heavy atom. The molecule has 0 bridgehead atoms.